The molecule has 1 aromatic heterocycles. The SMILES string of the molecule is O=C(NO)c1cccc(Cn2c3c(c4ccccc42)S(=O)(=O)CC3)c1. The van der Waals surface area contributed by atoms with Crippen LogP contribution in [-0.4, -0.2) is 29.9 Å². The lowest BCUT2D eigenvalue weighted by Crippen LogP contribution is -2.18. The van der Waals surface area contributed by atoms with Crippen molar-refractivity contribution in [2.24, 2.45) is 0 Å². The molecule has 0 radical (unpaired) electrons. The number of sulfone groups is 1. The summed E-state index contributed by atoms with van der Waals surface area (Å²) in [5.74, 6) is -0.442. The molecule has 0 aliphatic carbocycles. The maximum absolute atomic E-state index is 12.4. The van der Waals surface area contributed by atoms with E-state index < -0.39 is 15.7 Å². The van der Waals surface area contributed by atoms with Crippen LogP contribution in [0.2, 0.25) is 0 Å². The molecule has 0 bridgehead atoms. The van der Waals surface area contributed by atoms with E-state index >= 15 is 0 Å². The third-order valence-corrected chi connectivity index (χ3v) is 6.40. The van der Waals surface area contributed by atoms with Gasteiger partial charge in [-0.3, -0.25) is 10.0 Å². The molecule has 0 saturated heterocycles. The fourth-order valence-corrected chi connectivity index (χ4v) is 5.24. The van der Waals surface area contributed by atoms with Crippen LogP contribution >= 0.6 is 0 Å². The van der Waals surface area contributed by atoms with Crippen molar-refractivity contribution in [2.45, 2.75) is 17.9 Å². The van der Waals surface area contributed by atoms with Crippen LogP contribution < -0.4 is 5.48 Å². The maximum atomic E-state index is 12.4. The summed E-state index contributed by atoms with van der Waals surface area (Å²) in [4.78, 5) is 12.0. The van der Waals surface area contributed by atoms with Gasteiger partial charge in [0.2, 0.25) is 0 Å². The van der Waals surface area contributed by atoms with Gasteiger partial charge in [0, 0.05) is 35.1 Å². The van der Waals surface area contributed by atoms with Crippen LogP contribution in [0.1, 0.15) is 21.6 Å². The molecule has 2 aromatic carbocycles. The molecule has 2 N–H and O–H groups in total. The lowest BCUT2D eigenvalue weighted by atomic mass is 10.1. The highest BCUT2D eigenvalue weighted by molar-refractivity contribution is 7.92. The maximum Gasteiger partial charge on any atom is 0.274 e. The third-order valence-electron chi connectivity index (χ3n) is 4.58. The highest BCUT2D eigenvalue weighted by Gasteiger charge is 2.33. The number of hydrogen-bond donors (Lipinski definition) is 2. The number of nitrogens with zero attached hydrogens (tertiary/aromatic N) is 1. The molecule has 6 nitrogen and oxygen atoms in total. The summed E-state index contributed by atoms with van der Waals surface area (Å²) < 4.78 is 26.8. The number of carbonyl (C=O) groups is 1. The average molecular weight is 356 g/mol. The predicted molar refractivity (Wildman–Crippen MR) is 92.5 cm³/mol. The number of fused-ring (bicyclic) bond motifs is 3. The first-order valence-corrected chi connectivity index (χ1v) is 9.53. The smallest absolute Gasteiger partial charge is 0.274 e. The number of rotatable bonds is 3. The van der Waals surface area contributed by atoms with Crippen molar-refractivity contribution < 1.29 is 18.4 Å². The van der Waals surface area contributed by atoms with Crippen LogP contribution in [0.3, 0.4) is 0 Å². The summed E-state index contributed by atoms with van der Waals surface area (Å²) in [6.07, 6.45) is 0.489. The van der Waals surface area contributed by atoms with Crippen LogP contribution in [0.5, 0.6) is 0 Å². The van der Waals surface area contributed by atoms with E-state index in [1.54, 1.807) is 23.7 Å². The molecular formula is C18H16N2O4S. The number of aromatic nitrogens is 1. The quantitative estimate of drug-likeness (QED) is 0.556. The highest BCUT2D eigenvalue weighted by Crippen LogP contribution is 2.36. The van der Waals surface area contributed by atoms with E-state index in [0.29, 0.717) is 23.4 Å². The van der Waals surface area contributed by atoms with E-state index in [9.17, 15) is 13.2 Å². The lowest BCUT2D eigenvalue weighted by Gasteiger charge is -2.10. The van der Waals surface area contributed by atoms with Gasteiger partial charge in [-0.25, -0.2) is 13.9 Å². The molecule has 0 saturated carbocycles. The fraction of sp³-hybridized carbons (Fsp3) is 0.167. The summed E-state index contributed by atoms with van der Waals surface area (Å²) in [6.45, 7) is 0.456. The molecule has 0 unspecified atom stereocenters. The van der Waals surface area contributed by atoms with Gasteiger partial charge >= 0.3 is 0 Å². The van der Waals surface area contributed by atoms with Crippen molar-refractivity contribution in [1.29, 1.82) is 0 Å². The average Bonchev–Trinajstić information content (AvgIpc) is 3.11. The minimum atomic E-state index is -3.25. The second-order valence-corrected chi connectivity index (χ2v) is 8.14. The van der Waals surface area contributed by atoms with Gasteiger partial charge in [-0.2, -0.15) is 0 Å². The largest absolute Gasteiger partial charge is 0.339 e. The van der Waals surface area contributed by atoms with Gasteiger partial charge in [-0.15, -0.1) is 0 Å². The summed E-state index contributed by atoms with van der Waals surface area (Å²) in [5, 5.41) is 9.54. The summed E-state index contributed by atoms with van der Waals surface area (Å²) in [5.41, 5.74) is 4.51. The topological polar surface area (TPSA) is 88.4 Å². The van der Waals surface area contributed by atoms with Crippen LogP contribution in [0.4, 0.5) is 0 Å². The zero-order chi connectivity index (χ0) is 17.6. The summed E-state index contributed by atoms with van der Waals surface area (Å²) in [7, 11) is -3.25. The number of benzene rings is 2. The predicted octanol–water partition coefficient (Wildman–Crippen LogP) is 2.14. The molecule has 0 spiro atoms. The Morgan fingerprint density at radius 3 is 2.76 bits per heavy atom. The van der Waals surface area contributed by atoms with Gasteiger partial charge < -0.3 is 4.57 Å². The van der Waals surface area contributed by atoms with Crippen molar-refractivity contribution in [3.8, 4) is 0 Å². The van der Waals surface area contributed by atoms with E-state index in [2.05, 4.69) is 0 Å². The van der Waals surface area contributed by atoms with Crippen molar-refractivity contribution in [2.75, 3.05) is 5.75 Å². The zero-order valence-electron chi connectivity index (χ0n) is 13.3. The Morgan fingerprint density at radius 1 is 1.16 bits per heavy atom. The third kappa shape index (κ3) is 2.52. The van der Waals surface area contributed by atoms with E-state index in [0.717, 1.165) is 22.2 Å². The Bertz CT molecular complexity index is 1100. The molecule has 1 amide bonds. The van der Waals surface area contributed by atoms with Crippen molar-refractivity contribution in [1.82, 2.24) is 10.0 Å². The first-order chi connectivity index (χ1) is 12.0. The van der Waals surface area contributed by atoms with Crippen molar-refractivity contribution in [3.63, 3.8) is 0 Å². The standard InChI is InChI=1S/C18H16N2O4S/c21-18(19-22)13-5-3-4-12(10-13)11-20-15-7-2-1-6-14(15)17-16(20)8-9-25(17,23)24/h1-7,10,22H,8-9,11H2,(H,19,21). The Hall–Kier alpha value is -2.64. The van der Waals surface area contributed by atoms with E-state index in [4.69, 9.17) is 5.21 Å². The van der Waals surface area contributed by atoms with Crippen LogP contribution in [0, 0.1) is 0 Å². The first-order valence-electron chi connectivity index (χ1n) is 7.87. The minimum absolute atomic E-state index is 0.134. The lowest BCUT2D eigenvalue weighted by molar-refractivity contribution is 0.0706. The van der Waals surface area contributed by atoms with Gasteiger partial charge in [-0.05, 0) is 23.8 Å². The van der Waals surface area contributed by atoms with Crippen molar-refractivity contribution in [3.05, 3.63) is 65.4 Å². The summed E-state index contributed by atoms with van der Waals surface area (Å²) in [6, 6.07) is 14.4. The number of carbonyl (C=O) groups excluding carboxylic acids is 1. The molecule has 25 heavy (non-hydrogen) atoms. The van der Waals surface area contributed by atoms with Gasteiger partial charge in [0.05, 0.1) is 10.6 Å². The van der Waals surface area contributed by atoms with E-state index in [1.807, 2.05) is 34.9 Å². The van der Waals surface area contributed by atoms with Gasteiger partial charge in [-0.1, -0.05) is 30.3 Å². The Morgan fingerprint density at radius 2 is 1.96 bits per heavy atom. The second kappa shape index (κ2) is 5.72. The first kappa shape index (κ1) is 15.9. The molecular weight excluding hydrogens is 340 g/mol. The molecule has 2 heterocycles. The molecule has 7 heteroatoms. The number of nitrogens with one attached hydrogen (secondary N) is 1. The Labute approximate surface area is 144 Å². The van der Waals surface area contributed by atoms with Gasteiger partial charge in [0.15, 0.2) is 9.84 Å². The van der Waals surface area contributed by atoms with Crippen LogP contribution in [0.25, 0.3) is 10.9 Å². The molecule has 0 atom stereocenters. The number of hydroxylamine groups is 1. The molecule has 1 aliphatic heterocycles. The van der Waals surface area contributed by atoms with Gasteiger partial charge in [0.1, 0.15) is 0 Å². The molecule has 3 aromatic rings. The monoisotopic (exact) mass is 356 g/mol. The second-order valence-electron chi connectivity index (χ2n) is 6.09. The Kier molecular flexibility index (Phi) is 3.63. The molecule has 0 fully saturated rings. The molecule has 128 valence electrons. The van der Waals surface area contributed by atoms with E-state index in [-0.39, 0.29) is 5.75 Å². The number of para-hydroxylation sites is 1. The minimum Gasteiger partial charge on any atom is -0.339 e. The van der Waals surface area contributed by atoms with Crippen LogP contribution in [-0.2, 0) is 22.8 Å². The zero-order valence-corrected chi connectivity index (χ0v) is 14.1. The number of amides is 1. The molecule has 4 rings (SSSR count). The Balaban J connectivity index is 1.85. The molecule has 1 aliphatic rings. The van der Waals surface area contributed by atoms with Gasteiger partial charge in [0.25, 0.3) is 5.91 Å². The highest BCUT2D eigenvalue weighted by atomic mass is 32.2. The van der Waals surface area contributed by atoms with E-state index in [1.165, 1.54) is 0 Å². The number of hydrogen-bond acceptors (Lipinski definition) is 4. The summed E-state index contributed by atoms with van der Waals surface area (Å²) >= 11 is 0. The fourth-order valence-electron chi connectivity index (χ4n) is 3.49. The van der Waals surface area contributed by atoms with Crippen LogP contribution in [0.15, 0.2) is 53.4 Å². The normalized spacial score (nSPS) is 15.2. The van der Waals surface area contributed by atoms with Crippen molar-refractivity contribution >= 4 is 26.6 Å².